The lowest BCUT2D eigenvalue weighted by molar-refractivity contribution is 0.932. The largest absolute Gasteiger partial charge is 0.387 e. The third kappa shape index (κ3) is 2.28. The van der Waals surface area contributed by atoms with E-state index >= 15 is 0 Å². The highest BCUT2D eigenvalue weighted by molar-refractivity contribution is 5.84. The van der Waals surface area contributed by atoms with Gasteiger partial charge in [-0.15, -0.1) is 0 Å². The van der Waals surface area contributed by atoms with Crippen molar-refractivity contribution in [2.45, 2.75) is 26.3 Å². The van der Waals surface area contributed by atoms with E-state index in [0.717, 1.165) is 17.2 Å². The second kappa shape index (κ2) is 3.74. The minimum absolute atomic E-state index is 0.536. The number of nitrogens with two attached hydrogens (primary N) is 1. The summed E-state index contributed by atoms with van der Waals surface area (Å²) in [7, 11) is 0. The Morgan fingerprint density at radius 1 is 1.50 bits per heavy atom. The fraction of sp³-hybridized carbons (Fsp3) is 0.500. The van der Waals surface area contributed by atoms with E-state index in [-0.39, 0.29) is 0 Å². The third-order valence-corrected chi connectivity index (χ3v) is 2.25. The molecule has 1 aromatic rings. The van der Waals surface area contributed by atoms with Crippen molar-refractivity contribution >= 4 is 5.84 Å². The van der Waals surface area contributed by atoms with E-state index in [1.807, 2.05) is 6.92 Å². The highest BCUT2D eigenvalue weighted by atomic mass is 14.9. The van der Waals surface area contributed by atoms with Gasteiger partial charge in [-0.25, -0.2) is 0 Å². The predicted octanol–water partition coefficient (Wildman–Crippen LogP) is 1.05. The summed E-state index contributed by atoms with van der Waals surface area (Å²) in [6, 6.07) is 0. The van der Waals surface area contributed by atoms with Crippen LogP contribution in [-0.4, -0.2) is 15.8 Å². The fourth-order valence-electron chi connectivity index (χ4n) is 1.18. The van der Waals surface area contributed by atoms with Crippen LogP contribution in [0.4, 0.5) is 0 Å². The SMILES string of the molecule is Cc1cnc(CN=C(N)C2CC2)cn1. The summed E-state index contributed by atoms with van der Waals surface area (Å²) < 4.78 is 0. The van der Waals surface area contributed by atoms with Gasteiger partial charge in [0.25, 0.3) is 0 Å². The summed E-state index contributed by atoms with van der Waals surface area (Å²) in [5.41, 5.74) is 7.56. The first kappa shape index (κ1) is 9.12. The maximum absolute atomic E-state index is 5.76. The average Bonchev–Trinajstić information content (AvgIpc) is 3.00. The van der Waals surface area contributed by atoms with E-state index in [9.17, 15) is 0 Å². The third-order valence-electron chi connectivity index (χ3n) is 2.25. The summed E-state index contributed by atoms with van der Waals surface area (Å²) in [6.45, 7) is 2.47. The lowest BCUT2D eigenvalue weighted by atomic mass is 10.4. The summed E-state index contributed by atoms with van der Waals surface area (Å²) in [5, 5.41) is 0. The molecule has 0 saturated heterocycles. The maximum Gasteiger partial charge on any atom is 0.0973 e. The van der Waals surface area contributed by atoms with Crippen LogP contribution in [0, 0.1) is 12.8 Å². The molecule has 0 aromatic carbocycles. The number of nitrogens with zero attached hydrogens (tertiary/aromatic N) is 3. The first-order chi connectivity index (χ1) is 6.75. The number of hydrogen-bond acceptors (Lipinski definition) is 3. The predicted molar refractivity (Wildman–Crippen MR) is 54.8 cm³/mol. The quantitative estimate of drug-likeness (QED) is 0.572. The van der Waals surface area contributed by atoms with Crippen LogP contribution >= 0.6 is 0 Å². The Kier molecular flexibility index (Phi) is 2.43. The highest BCUT2D eigenvalue weighted by Crippen LogP contribution is 2.28. The maximum atomic E-state index is 5.76. The average molecular weight is 190 g/mol. The fourth-order valence-corrected chi connectivity index (χ4v) is 1.18. The number of hydrogen-bond donors (Lipinski definition) is 1. The molecule has 74 valence electrons. The smallest absolute Gasteiger partial charge is 0.0973 e. The van der Waals surface area contributed by atoms with E-state index in [0.29, 0.717) is 12.5 Å². The number of aromatic nitrogens is 2. The van der Waals surface area contributed by atoms with Gasteiger partial charge in [0.05, 0.1) is 30.0 Å². The summed E-state index contributed by atoms with van der Waals surface area (Å²) in [5.74, 6) is 1.31. The van der Waals surface area contributed by atoms with Gasteiger partial charge in [0.15, 0.2) is 0 Å². The molecule has 0 aliphatic heterocycles. The van der Waals surface area contributed by atoms with Gasteiger partial charge in [0.1, 0.15) is 0 Å². The van der Waals surface area contributed by atoms with E-state index in [1.54, 1.807) is 12.4 Å². The molecule has 0 atom stereocenters. The molecule has 1 aliphatic carbocycles. The van der Waals surface area contributed by atoms with Crippen LogP contribution in [0.5, 0.6) is 0 Å². The number of aryl methyl sites for hydroxylation is 1. The molecule has 1 aliphatic rings. The standard InChI is InChI=1S/C10H14N4/c1-7-4-13-9(5-12-7)6-14-10(11)8-2-3-8/h4-5,8H,2-3,6H2,1H3,(H2,11,14). The molecule has 0 unspecified atom stereocenters. The van der Waals surface area contributed by atoms with Crippen LogP contribution in [0.3, 0.4) is 0 Å². The zero-order chi connectivity index (χ0) is 9.97. The molecule has 0 amide bonds. The molecule has 0 radical (unpaired) electrons. The van der Waals surface area contributed by atoms with Crippen molar-refractivity contribution in [1.82, 2.24) is 9.97 Å². The molecule has 1 heterocycles. The molecule has 14 heavy (non-hydrogen) atoms. The van der Waals surface area contributed by atoms with E-state index in [4.69, 9.17) is 5.73 Å². The van der Waals surface area contributed by atoms with Crippen LogP contribution < -0.4 is 5.73 Å². The van der Waals surface area contributed by atoms with Crippen molar-refractivity contribution in [1.29, 1.82) is 0 Å². The normalized spacial score (nSPS) is 17.1. The monoisotopic (exact) mass is 190 g/mol. The number of aliphatic imine (C=N–C) groups is 1. The molecule has 2 rings (SSSR count). The zero-order valence-corrected chi connectivity index (χ0v) is 8.27. The summed E-state index contributed by atoms with van der Waals surface area (Å²) in [4.78, 5) is 12.6. The second-order valence-corrected chi connectivity index (χ2v) is 3.66. The first-order valence-electron chi connectivity index (χ1n) is 4.83. The molecule has 1 aromatic heterocycles. The van der Waals surface area contributed by atoms with E-state index in [2.05, 4.69) is 15.0 Å². The van der Waals surface area contributed by atoms with Gasteiger partial charge in [-0.3, -0.25) is 15.0 Å². The molecule has 0 spiro atoms. The van der Waals surface area contributed by atoms with Gasteiger partial charge in [0.2, 0.25) is 0 Å². The molecule has 1 fully saturated rings. The lowest BCUT2D eigenvalue weighted by Crippen LogP contribution is -2.14. The Bertz CT molecular complexity index is 338. The van der Waals surface area contributed by atoms with Crippen molar-refractivity contribution in [3.05, 3.63) is 23.8 Å². The lowest BCUT2D eigenvalue weighted by Gasteiger charge is -1.98. The molecule has 4 heteroatoms. The van der Waals surface area contributed by atoms with Gasteiger partial charge in [0, 0.05) is 12.1 Å². The van der Waals surface area contributed by atoms with Crippen LogP contribution in [0.2, 0.25) is 0 Å². The first-order valence-corrected chi connectivity index (χ1v) is 4.83. The van der Waals surface area contributed by atoms with Crippen LogP contribution in [-0.2, 0) is 6.54 Å². The molecular weight excluding hydrogens is 176 g/mol. The highest BCUT2D eigenvalue weighted by Gasteiger charge is 2.25. The Hall–Kier alpha value is -1.45. The number of rotatable bonds is 3. The molecular formula is C10H14N4. The summed E-state index contributed by atoms with van der Waals surface area (Å²) >= 11 is 0. The van der Waals surface area contributed by atoms with Crippen molar-refractivity contribution < 1.29 is 0 Å². The molecule has 2 N–H and O–H groups in total. The molecule has 4 nitrogen and oxygen atoms in total. The van der Waals surface area contributed by atoms with Crippen molar-refractivity contribution in [3.8, 4) is 0 Å². The van der Waals surface area contributed by atoms with Crippen LogP contribution in [0.1, 0.15) is 24.2 Å². The van der Waals surface area contributed by atoms with Crippen molar-refractivity contribution in [2.24, 2.45) is 16.6 Å². The minimum atomic E-state index is 0.536. The van der Waals surface area contributed by atoms with E-state index < -0.39 is 0 Å². The van der Waals surface area contributed by atoms with Crippen LogP contribution in [0.25, 0.3) is 0 Å². The van der Waals surface area contributed by atoms with Gasteiger partial charge in [-0.2, -0.15) is 0 Å². The van der Waals surface area contributed by atoms with Crippen LogP contribution in [0.15, 0.2) is 17.4 Å². The zero-order valence-electron chi connectivity index (χ0n) is 8.27. The van der Waals surface area contributed by atoms with Gasteiger partial charge in [-0.1, -0.05) is 0 Å². The Morgan fingerprint density at radius 3 is 2.86 bits per heavy atom. The Labute approximate surface area is 83.3 Å². The summed E-state index contributed by atoms with van der Waals surface area (Å²) in [6.07, 6.45) is 5.88. The van der Waals surface area contributed by atoms with Crippen molar-refractivity contribution in [2.75, 3.05) is 0 Å². The molecule has 1 saturated carbocycles. The van der Waals surface area contributed by atoms with Gasteiger partial charge < -0.3 is 5.73 Å². The van der Waals surface area contributed by atoms with Crippen molar-refractivity contribution in [3.63, 3.8) is 0 Å². The number of amidine groups is 1. The molecule has 0 bridgehead atoms. The minimum Gasteiger partial charge on any atom is -0.387 e. The Balaban J connectivity index is 1.96. The second-order valence-electron chi connectivity index (χ2n) is 3.66. The Morgan fingerprint density at radius 2 is 2.29 bits per heavy atom. The van der Waals surface area contributed by atoms with Gasteiger partial charge >= 0.3 is 0 Å². The topological polar surface area (TPSA) is 64.2 Å². The van der Waals surface area contributed by atoms with Gasteiger partial charge in [-0.05, 0) is 19.8 Å². The van der Waals surface area contributed by atoms with E-state index in [1.165, 1.54) is 12.8 Å².